The van der Waals surface area contributed by atoms with Gasteiger partial charge in [0.15, 0.2) is 5.58 Å². The van der Waals surface area contributed by atoms with Crippen LogP contribution in [0.3, 0.4) is 0 Å². The molecule has 2 nitrogen and oxygen atoms in total. The largest absolute Gasteiger partial charge is 0.453 e. The van der Waals surface area contributed by atoms with Crippen LogP contribution in [0.25, 0.3) is 77.2 Å². The van der Waals surface area contributed by atoms with Crippen LogP contribution in [0.1, 0.15) is 0 Å². The Morgan fingerprint density at radius 1 is 0.296 bits per heavy atom. The number of hydrogen-bond donors (Lipinski definition) is 0. The number of furan rings is 1. The van der Waals surface area contributed by atoms with E-state index in [1.807, 2.05) is 0 Å². The number of hydrogen-bond acceptors (Lipinski definition) is 2. The molecular formula is C52H35NO. The fraction of sp³-hybridized carbons (Fsp3) is 0. The molecule has 1 heterocycles. The second kappa shape index (κ2) is 13.4. The van der Waals surface area contributed by atoms with Gasteiger partial charge >= 0.3 is 0 Å². The highest BCUT2D eigenvalue weighted by Gasteiger charge is 2.23. The summed E-state index contributed by atoms with van der Waals surface area (Å²) in [5, 5.41) is 4.49. The van der Waals surface area contributed by atoms with E-state index in [2.05, 4.69) is 217 Å². The topological polar surface area (TPSA) is 16.4 Å². The van der Waals surface area contributed by atoms with E-state index in [0.29, 0.717) is 0 Å². The van der Waals surface area contributed by atoms with Gasteiger partial charge in [-0.2, -0.15) is 0 Å². The fourth-order valence-electron chi connectivity index (χ4n) is 7.78. The third kappa shape index (κ3) is 5.62. The molecule has 1 aromatic heterocycles. The van der Waals surface area contributed by atoms with Crippen LogP contribution < -0.4 is 4.90 Å². The minimum atomic E-state index is 0.857. The summed E-state index contributed by atoms with van der Waals surface area (Å²) in [6.07, 6.45) is 0. The van der Waals surface area contributed by atoms with Crippen LogP contribution in [0.4, 0.5) is 17.1 Å². The van der Waals surface area contributed by atoms with Crippen molar-refractivity contribution < 1.29 is 4.42 Å². The SMILES string of the molecule is c1ccc(-c2ccc(-c3ccc(N(c4ccc(-c5ccccc5)cc4)c4ccc(-c5ccccc5)c5c4oc4c6ccccc6ccc45)cc3)cc2)cc1. The quantitative estimate of drug-likeness (QED) is 0.166. The number of benzene rings is 9. The molecule has 54 heavy (non-hydrogen) atoms. The van der Waals surface area contributed by atoms with Crippen molar-refractivity contribution in [1.82, 2.24) is 0 Å². The Hall–Kier alpha value is -7.16. The molecule has 0 aliphatic heterocycles. The lowest BCUT2D eigenvalue weighted by atomic mass is 9.97. The van der Waals surface area contributed by atoms with Gasteiger partial charge in [-0.3, -0.25) is 0 Å². The molecule has 0 N–H and O–H groups in total. The van der Waals surface area contributed by atoms with Crippen LogP contribution in [-0.2, 0) is 0 Å². The van der Waals surface area contributed by atoms with E-state index in [-0.39, 0.29) is 0 Å². The predicted molar refractivity (Wildman–Crippen MR) is 228 cm³/mol. The van der Waals surface area contributed by atoms with Gasteiger partial charge in [0.1, 0.15) is 5.58 Å². The lowest BCUT2D eigenvalue weighted by Crippen LogP contribution is -2.10. The first kappa shape index (κ1) is 31.6. The van der Waals surface area contributed by atoms with E-state index < -0.39 is 0 Å². The summed E-state index contributed by atoms with van der Waals surface area (Å²) in [6.45, 7) is 0. The molecule has 9 aromatic carbocycles. The highest BCUT2D eigenvalue weighted by atomic mass is 16.3. The molecule has 254 valence electrons. The van der Waals surface area contributed by atoms with Crippen LogP contribution in [-0.4, -0.2) is 0 Å². The zero-order valence-electron chi connectivity index (χ0n) is 29.6. The summed E-state index contributed by atoms with van der Waals surface area (Å²) in [5.41, 5.74) is 14.3. The standard InChI is InChI=1S/C52H35NO/c1-4-12-36(13-5-1)38-20-22-39(23-21-38)41-26-31-45(32-27-41)53(44-29-24-40(25-30-44)37-14-6-2-7-15-37)49-35-34-46(42-16-8-3-9-17-42)50-48-33-28-43-18-10-11-19-47(43)51(48)54-52(49)50/h1-35H. The zero-order chi connectivity index (χ0) is 35.8. The molecule has 0 aliphatic rings. The number of rotatable bonds is 7. The molecule has 0 bridgehead atoms. The van der Waals surface area contributed by atoms with Gasteiger partial charge in [-0.05, 0) is 86.3 Å². The molecule has 0 spiro atoms. The van der Waals surface area contributed by atoms with E-state index in [0.717, 1.165) is 66.5 Å². The predicted octanol–water partition coefficient (Wildman–Crippen LogP) is 14.9. The summed E-state index contributed by atoms with van der Waals surface area (Å²) in [4.78, 5) is 2.33. The minimum Gasteiger partial charge on any atom is -0.453 e. The molecule has 0 radical (unpaired) electrons. The van der Waals surface area contributed by atoms with Crippen LogP contribution in [0.5, 0.6) is 0 Å². The summed E-state index contributed by atoms with van der Waals surface area (Å²) in [5.74, 6) is 0. The summed E-state index contributed by atoms with van der Waals surface area (Å²) >= 11 is 0. The van der Waals surface area contributed by atoms with Crippen LogP contribution in [0.15, 0.2) is 217 Å². The zero-order valence-corrected chi connectivity index (χ0v) is 29.6. The van der Waals surface area contributed by atoms with Gasteiger partial charge in [0, 0.05) is 27.5 Å². The molecule has 2 heteroatoms. The first-order chi connectivity index (χ1) is 26.8. The molecular weight excluding hydrogens is 655 g/mol. The Balaban J connectivity index is 1.15. The number of fused-ring (bicyclic) bond motifs is 5. The Labute approximate surface area is 314 Å². The molecule has 10 aromatic rings. The van der Waals surface area contributed by atoms with Gasteiger partial charge < -0.3 is 9.32 Å². The third-order valence-corrected chi connectivity index (χ3v) is 10.5. The summed E-state index contributed by atoms with van der Waals surface area (Å²) in [7, 11) is 0. The Morgan fingerprint density at radius 3 is 1.28 bits per heavy atom. The van der Waals surface area contributed by atoms with Gasteiger partial charge in [-0.25, -0.2) is 0 Å². The van der Waals surface area contributed by atoms with E-state index in [4.69, 9.17) is 4.42 Å². The van der Waals surface area contributed by atoms with Gasteiger partial charge in [0.25, 0.3) is 0 Å². The minimum absolute atomic E-state index is 0.857. The maximum atomic E-state index is 7.08. The Bertz CT molecular complexity index is 2880. The molecule has 10 rings (SSSR count). The van der Waals surface area contributed by atoms with Crippen molar-refractivity contribution in [2.45, 2.75) is 0 Å². The normalized spacial score (nSPS) is 11.3. The van der Waals surface area contributed by atoms with Crippen LogP contribution in [0.2, 0.25) is 0 Å². The fourth-order valence-corrected chi connectivity index (χ4v) is 7.78. The molecule has 0 saturated carbocycles. The third-order valence-electron chi connectivity index (χ3n) is 10.5. The van der Waals surface area contributed by atoms with E-state index in [9.17, 15) is 0 Å². The monoisotopic (exact) mass is 689 g/mol. The Morgan fingerprint density at radius 2 is 0.741 bits per heavy atom. The van der Waals surface area contributed by atoms with Gasteiger partial charge in [-0.15, -0.1) is 0 Å². The number of anilines is 3. The highest BCUT2D eigenvalue weighted by molar-refractivity contribution is 6.21. The van der Waals surface area contributed by atoms with Crippen molar-refractivity contribution in [1.29, 1.82) is 0 Å². The second-order valence-corrected chi connectivity index (χ2v) is 13.7. The average Bonchev–Trinajstić information content (AvgIpc) is 3.66. The lowest BCUT2D eigenvalue weighted by molar-refractivity contribution is 0.673. The van der Waals surface area contributed by atoms with Gasteiger partial charge in [0.2, 0.25) is 0 Å². The van der Waals surface area contributed by atoms with Crippen molar-refractivity contribution in [2.75, 3.05) is 4.90 Å². The van der Waals surface area contributed by atoms with Crippen molar-refractivity contribution >= 4 is 49.8 Å². The molecule has 0 atom stereocenters. The summed E-state index contributed by atoms with van der Waals surface area (Å²) in [6, 6.07) is 75.6. The Kier molecular flexibility index (Phi) is 7.85. The molecule has 0 amide bonds. The van der Waals surface area contributed by atoms with Crippen molar-refractivity contribution in [3.05, 3.63) is 212 Å². The van der Waals surface area contributed by atoms with Crippen LogP contribution >= 0.6 is 0 Å². The summed E-state index contributed by atoms with van der Waals surface area (Å²) < 4.78 is 7.08. The smallest absolute Gasteiger partial charge is 0.160 e. The maximum absolute atomic E-state index is 7.08. The molecule has 0 aliphatic carbocycles. The second-order valence-electron chi connectivity index (χ2n) is 13.7. The lowest BCUT2D eigenvalue weighted by Gasteiger charge is -2.26. The van der Waals surface area contributed by atoms with Crippen molar-refractivity contribution in [3.63, 3.8) is 0 Å². The highest BCUT2D eigenvalue weighted by Crippen LogP contribution is 2.47. The van der Waals surface area contributed by atoms with Gasteiger partial charge in [-0.1, -0.05) is 176 Å². The van der Waals surface area contributed by atoms with E-state index in [1.54, 1.807) is 0 Å². The van der Waals surface area contributed by atoms with E-state index >= 15 is 0 Å². The average molecular weight is 690 g/mol. The molecule has 0 saturated heterocycles. The van der Waals surface area contributed by atoms with Crippen molar-refractivity contribution in [3.8, 4) is 44.5 Å². The van der Waals surface area contributed by atoms with E-state index in [1.165, 1.54) is 27.8 Å². The first-order valence-electron chi connectivity index (χ1n) is 18.4. The molecule has 0 unspecified atom stereocenters. The molecule has 0 fully saturated rings. The first-order valence-corrected chi connectivity index (χ1v) is 18.4. The number of nitrogens with zero attached hydrogens (tertiary/aromatic N) is 1. The van der Waals surface area contributed by atoms with Crippen molar-refractivity contribution in [2.24, 2.45) is 0 Å². The maximum Gasteiger partial charge on any atom is 0.160 e. The van der Waals surface area contributed by atoms with Crippen LogP contribution in [0, 0.1) is 0 Å². The van der Waals surface area contributed by atoms with Gasteiger partial charge in [0.05, 0.1) is 5.69 Å².